The molecular formula is C25H29FN6O2S. The fraction of sp³-hybridized carbons (Fsp3) is 0.360. The minimum atomic E-state index is -3.57. The first-order chi connectivity index (χ1) is 16.8. The molecule has 3 heterocycles. The number of nitrogens with one attached hydrogen (secondary N) is 1. The zero-order valence-corrected chi connectivity index (χ0v) is 20.7. The van der Waals surface area contributed by atoms with Crippen LogP contribution in [0.1, 0.15) is 18.4 Å². The van der Waals surface area contributed by atoms with E-state index in [4.69, 9.17) is 0 Å². The van der Waals surface area contributed by atoms with Gasteiger partial charge in [0.25, 0.3) is 0 Å². The van der Waals surface area contributed by atoms with Crippen molar-refractivity contribution in [3.05, 3.63) is 66.1 Å². The van der Waals surface area contributed by atoms with Crippen molar-refractivity contribution < 1.29 is 12.8 Å². The molecular weight excluding hydrogens is 467 g/mol. The van der Waals surface area contributed by atoms with Gasteiger partial charge in [0.15, 0.2) is 0 Å². The molecule has 0 bridgehead atoms. The first kappa shape index (κ1) is 23.7. The number of piperidine rings is 1. The number of likely N-dealkylation sites (tertiary alicyclic amines) is 1. The Kier molecular flexibility index (Phi) is 6.43. The molecule has 0 radical (unpaired) electrons. The molecule has 0 spiro atoms. The van der Waals surface area contributed by atoms with Gasteiger partial charge in [0.05, 0.1) is 4.90 Å². The van der Waals surface area contributed by atoms with E-state index in [0.717, 1.165) is 43.6 Å². The highest BCUT2D eigenvalue weighted by atomic mass is 32.2. The van der Waals surface area contributed by atoms with Gasteiger partial charge in [-0.25, -0.2) is 17.8 Å². The molecule has 0 aliphatic carbocycles. The van der Waals surface area contributed by atoms with Crippen molar-refractivity contribution in [1.29, 1.82) is 0 Å². The van der Waals surface area contributed by atoms with Crippen LogP contribution < -0.4 is 10.2 Å². The average Bonchev–Trinajstić information content (AvgIpc) is 3.27. The normalized spacial score (nSPS) is 17.1. The summed E-state index contributed by atoms with van der Waals surface area (Å²) in [5.41, 5.74) is 2.59. The van der Waals surface area contributed by atoms with Crippen LogP contribution >= 0.6 is 0 Å². The molecule has 0 amide bonds. The van der Waals surface area contributed by atoms with Crippen LogP contribution in [0.25, 0.3) is 0 Å². The predicted octanol–water partition coefficient (Wildman–Crippen LogP) is 3.77. The van der Waals surface area contributed by atoms with Crippen molar-refractivity contribution in [1.82, 2.24) is 19.2 Å². The second-order valence-electron chi connectivity index (χ2n) is 9.12. The van der Waals surface area contributed by atoms with Gasteiger partial charge in [-0.2, -0.15) is 9.29 Å². The topological polar surface area (TPSA) is 81.7 Å². The highest BCUT2D eigenvalue weighted by Crippen LogP contribution is 2.34. The molecule has 1 N–H and O–H groups in total. The molecule has 2 aromatic carbocycles. The third-order valence-corrected chi connectivity index (χ3v) is 8.77. The molecule has 2 aliphatic heterocycles. The van der Waals surface area contributed by atoms with E-state index in [1.165, 1.54) is 10.4 Å². The Balaban J connectivity index is 1.29. The van der Waals surface area contributed by atoms with Gasteiger partial charge >= 0.3 is 0 Å². The molecule has 2 aliphatic rings. The van der Waals surface area contributed by atoms with E-state index >= 15 is 0 Å². The van der Waals surface area contributed by atoms with Crippen molar-refractivity contribution in [3.63, 3.8) is 0 Å². The van der Waals surface area contributed by atoms with Gasteiger partial charge in [-0.1, -0.05) is 0 Å². The number of aromatic nitrogens is 2. The summed E-state index contributed by atoms with van der Waals surface area (Å²) < 4.78 is 41.3. The number of hydrogen-bond donors (Lipinski definition) is 1. The van der Waals surface area contributed by atoms with Crippen LogP contribution in [-0.4, -0.2) is 67.4 Å². The summed E-state index contributed by atoms with van der Waals surface area (Å²) in [4.78, 5) is 13.4. The molecule has 1 fully saturated rings. The van der Waals surface area contributed by atoms with Gasteiger partial charge in [-0.05, 0) is 93.5 Å². The SMILES string of the molecule is CN1CCC(N(C)S(=O)(=O)c2ccc(Nc3nccc(N4CCc5cc(F)ccc54)n3)cc2)CC1. The number of fused-ring (bicyclic) bond motifs is 1. The van der Waals surface area contributed by atoms with Crippen LogP contribution in [0.5, 0.6) is 0 Å². The third kappa shape index (κ3) is 4.86. The summed E-state index contributed by atoms with van der Waals surface area (Å²) >= 11 is 0. The average molecular weight is 497 g/mol. The Hall–Kier alpha value is -3.08. The molecule has 3 aromatic rings. The quantitative estimate of drug-likeness (QED) is 0.556. The fourth-order valence-electron chi connectivity index (χ4n) is 4.73. The van der Waals surface area contributed by atoms with Crippen LogP contribution in [0, 0.1) is 5.82 Å². The molecule has 10 heteroatoms. The van der Waals surface area contributed by atoms with Crippen LogP contribution in [0.2, 0.25) is 0 Å². The van der Waals surface area contributed by atoms with E-state index in [-0.39, 0.29) is 16.8 Å². The second kappa shape index (κ2) is 9.52. The number of benzene rings is 2. The number of nitrogens with zero attached hydrogens (tertiary/aromatic N) is 5. The third-order valence-electron chi connectivity index (χ3n) is 6.84. The van der Waals surface area contributed by atoms with Crippen molar-refractivity contribution in [3.8, 4) is 0 Å². The first-order valence-corrected chi connectivity index (χ1v) is 13.2. The summed E-state index contributed by atoms with van der Waals surface area (Å²) in [5.74, 6) is 0.877. The largest absolute Gasteiger partial charge is 0.326 e. The fourth-order valence-corrected chi connectivity index (χ4v) is 6.14. The van der Waals surface area contributed by atoms with Crippen molar-refractivity contribution in [2.45, 2.75) is 30.2 Å². The minimum Gasteiger partial charge on any atom is -0.326 e. The van der Waals surface area contributed by atoms with E-state index in [0.29, 0.717) is 24.0 Å². The van der Waals surface area contributed by atoms with Gasteiger partial charge in [-0.3, -0.25) is 0 Å². The first-order valence-electron chi connectivity index (χ1n) is 11.7. The molecule has 8 nitrogen and oxygen atoms in total. The number of halogens is 1. The highest BCUT2D eigenvalue weighted by Gasteiger charge is 2.30. The van der Waals surface area contributed by atoms with Crippen molar-refractivity contribution in [2.75, 3.05) is 43.9 Å². The van der Waals surface area contributed by atoms with Gasteiger partial charge in [-0.15, -0.1) is 0 Å². The Morgan fingerprint density at radius 2 is 1.80 bits per heavy atom. The zero-order valence-electron chi connectivity index (χ0n) is 19.9. The summed E-state index contributed by atoms with van der Waals surface area (Å²) in [5, 5.41) is 3.15. The maximum atomic E-state index is 13.6. The number of hydrogen-bond acceptors (Lipinski definition) is 7. The summed E-state index contributed by atoms with van der Waals surface area (Å²) in [6, 6.07) is 13.3. The van der Waals surface area contributed by atoms with Crippen molar-refractivity contribution in [2.24, 2.45) is 0 Å². The van der Waals surface area contributed by atoms with Gasteiger partial charge in [0.1, 0.15) is 11.6 Å². The summed E-state index contributed by atoms with van der Waals surface area (Å²) in [7, 11) is 0.152. The lowest BCUT2D eigenvalue weighted by Gasteiger charge is -2.34. The number of anilines is 4. The van der Waals surface area contributed by atoms with Gasteiger partial charge < -0.3 is 15.1 Å². The van der Waals surface area contributed by atoms with Crippen LogP contribution in [0.3, 0.4) is 0 Å². The molecule has 1 aromatic heterocycles. The summed E-state index contributed by atoms with van der Waals surface area (Å²) in [6.07, 6.45) is 4.08. The van der Waals surface area contributed by atoms with E-state index in [1.54, 1.807) is 49.6 Å². The van der Waals surface area contributed by atoms with E-state index in [2.05, 4.69) is 27.2 Å². The standard InChI is InChI=1S/C25H29FN6O2S/c1-30-14-11-21(12-15-30)31(2)35(33,34)22-6-4-20(5-7-22)28-25-27-13-9-24(29-25)32-16-10-18-17-19(26)3-8-23(18)32/h3-9,13,17,21H,10-12,14-16H2,1-2H3,(H,27,28,29). The number of sulfonamides is 1. The van der Waals surface area contributed by atoms with E-state index < -0.39 is 10.0 Å². The lowest BCUT2D eigenvalue weighted by Crippen LogP contribution is -2.44. The van der Waals surface area contributed by atoms with E-state index in [9.17, 15) is 12.8 Å². The van der Waals surface area contributed by atoms with Crippen LogP contribution in [0.4, 0.5) is 27.5 Å². The molecule has 0 atom stereocenters. The monoisotopic (exact) mass is 496 g/mol. The Labute approximate surface area is 205 Å². The molecule has 0 saturated carbocycles. The lowest BCUT2D eigenvalue weighted by molar-refractivity contribution is 0.197. The Morgan fingerprint density at radius 3 is 2.54 bits per heavy atom. The number of rotatable bonds is 6. The van der Waals surface area contributed by atoms with Gasteiger partial charge in [0, 0.05) is 37.2 Å². The Bertz CT molecular complexity index is 1310. The van der Waals surface area contributed by atoms with Gasteiger partial charge in [0.2, 0.25) is 16.0 Å². The molecule has 35 heavy (non-hydrogen) atoms. The van der Waals surface area contributed by atoms with Crippen LogP contribution in [0.15, 0.2) is 59.6 Å². The summed E-state index contributed by atoms with van der Waals surface area (Å²) in [6.45, 7) is 2.51. The maximum Gasteiger partial charge on any atom is 0.243 e. The lowest BCUT2D eigenvalue weighted by atomic mass is 10.1. The maximum absolute atomic E-state index is 13.6. The molecule has 0 unspecified atom stereocenters. The minimum absolute atomic E-state index is 0.0114. The second-order valence-corrected chi connectivity index (χ2v) is 11.1. The highest BCUT2D eigenvalue weighted by molar-refractivity contribution is 7.89. The molecule has 1 saturated heterocycles. The van der Waals surface area contributed by atoms with Crippen LogP contribution in [-0.2, 0) is 16.4 Å². The molecule has 184 valence electrons. The Morgan fingerprint density at radius 1 is 1.06 bits per heavy atom. The van der Waals surface area contributed by atoms with E-state index in [1.807, 2.05) is 11.0 Å². The van der Waals surface area contributed by atoms with Crippen molar-refractivity contribution >= 4 is 33.2 Å². The zero-order chi connectivity index (χ0) is 24.6. The molecule has 5 rings (SSSR count). The predicted molar refractivity (Wildman–Crippen MR) is 134 cm³/mol. The smallest absolute Gasteiger partial charge is 0.243 e.